The van der Waals surface area contributed by atoms with Crippen LogP contribution in [0.25, 0.3) is 0 Å². The Morgan fingerprint density at radius 1 is 0.933 bits per heavy atom. The van der Waals surface area contributed by atoms with Crippen LogP contribution in [0.5, 0.6) is 0 Å². The summed E-state index contributed by atoms with van der Waals surface area (Å²) in [5, 5.41) is 0. The third kappa shape index (κ3) is 11.4. The van der Waals surface area contributed by atoms with Gasteiger partial charge in [-0.15, -0.1) is 0 Å². The molecule has 0 aliphatic rings. The lowest BCUT2D eigenvalue weighted by molar-refractivity contribution is -0.149. The van der Waals surface area contributed by atoms with Crippen LogP contribution in [0.3, 0.4) is 0 Å². The zero-order valence-corrected chi connectivity index (χ0v) is 10.1. The summed E-state index contributed by atoms with van der Waals surface area (Å²) < 4.78 is 10.1. The molecular formula is C12H24O3. The molecule has 0 N–H and O–H groups in total. The van der Waals surface area contributed by atoms with Crippen molar-refractivity contribution < 1.29 is 14.3 Å². The monoisotopic (exact) mass is 216 g/mol. The van der Waals surface area contributed by atoms with Gasteiger partial charge in [0, 0.05) is 6.61 Å². The summed E-state index contributed by atoms with van der Waals surface area (Å²) >= 11 is 0. The van der Waals surface area contributed by atoms with E-state index in [-0.39, 0.29) is 12.6 Å². The van der Waals surface area contributed by atoms with Crippen molar-refractivity contribution in [3.8, 4) is 0 Å². The maximum absolute atomic E-state index is 11.1. The third-order valence-corrected chi connectivity index (χ3v) is 2.12. The van der Waals surface area contributed by atoms with Crippen LogP contribution in [-0.2, 0) is 14.3 Å². The molecular weight excluding hydrogens is 192 g/mol. The first-order valence-corrected chi connectivity index (χ1v) is 6.04. The number of esters is 1. The van der Waals surface area contributed by atoms with Crippen LogP contribution in [0.4, 0.5) is 0 Å². The van der Waals surface area contributed by atoms with Crippen molar-refractivity contribution in [1.82, 2.24) is 0 Å². The molecule has 0 radical (unpaired) electrons. The Morgan fingerprint density at radius 2 is 1.67 bits per heavy atom. The average molecular weight is 216 g/mol. The van der Waals surface area contributed by atoms with E-state index in [2.05, 4.69) is 13.8 Å². The Bertz CT molecular complexity index is 146. The normalized spacial score (nSPS) is 10.3. The van der Waals surface area contributed by atoms with E-state index in [0.717, 1.165) is 25.7 Å². The summed E-state index contributed by atoms with van der Waals surface area (Å²) in [6.45, 7) is 5.55. The van der Waals surface area contributed by atoms with Gasteiger partial charge in [-0.3, -0.25) is 0 Å². The number of carbonyl (C=O) groups is 1. The molecule has 0 amide bonds. The topological polar surface area (TPSA) is 35.5 Å². The minimum absolute atomic E-state index is 0.105. The molecule has 15 heavy (non-hydrogen) atoms. The van der Waals surface area contributed by atoms with Gasteiger partial charge in [0.15, 0.2) is 0 Å². The largest absolute Gasteiger partial charge is 0.464 e. The molecule has 0 spiro atoms. The highest BCUT2D eigenvalue weighted by molar-refractivity contribution is 5.70. The second-order valence-corrected chi connectivity index (χ2v) is 3.69. The molecule has 0 bridgehead atoms. The second-order valence-electron chi connectivity index (χ2n) is 3.69. The number of hydrogen-bond donors (Lipinski definition) is 0. The minimum atomic E-state index is -0.234. The predicted molar refractivity (Wildman–Crippen MR) is 60.8 cm³/mol. The summed E-state index contributed by atoms with van der Waals surface area (Å²) in [7, 11) is 0. The van der Waals surface area contributed by atoms with Gasteiger partial charge in [0.1, 0.15) is 6.61 Å². The van der Waals surface area contributed by atoms with Crippen molar-refractivity contribution in [3.05, 3.63) is 0 Å². The van der Waals surface area contributed by atoms with Gasteiger partial charge in [0.2, 0.25) is 0 Å². The molecule has 0 saturated carbocycles. The quantitative estimate of drug-likeness (QED) is 0.416. The smallest absolute Gasteiger partial charge is 0.332 e. The molecule has 0 atom stereocenters. The molecule has 0 aliphatic carbocycles. The Hall–Kier alpha value is -0.570. The summed E-state index contributed by atoms with van der Waals surface area (Å²) in [4.78, 5) is 11.1. The fourth-order valence-electron chi connectivity index (χ4n) is 1.16. The van der Waals surface area contributed by atoms with E-state index < -0.39 is 0 Å². The van der Waals surface area contributed by atoms with Crippen molar-refractivity contribution in [1.29, 1.82) is 0 Å². The first-order chi connectivity index (χ1) is 7.31. The maximum Gasteiger partial charge on any atom is 0.332 e. The van der Waals surface area contributed by atoms with E-state index in [0.29, 0.717) is 13.2 Å². The first kappa shape index (κ1) is 14.4. The van der Waals surface area contributed by atoms with Gasteiger partial charge < -0.3 is 9.47 Å². The summed E-state index contributed by atoms with van der Waals surface area (Å²) in [6.07, 6.45) is 6.61. The van der Waals surface area contributed by atoms with Gasteiger partial charge in [0.25, 0.3) is 0 Å². The van der Waals surface area contributed by atoms with Crippen molar-refractivity contribution in [3.63, 3.8) is 0 Å². The van der Waals surface area contributed by atoms with Crippen molar-refractivity contribution >= 4 is 5.97 Å². The Kier molecular flexibility index (Phi) is 11.1. The highest BCUT2D eigenvalue weighted by Crippen LogP contribution is 1.99. The van der Waals surface area contributed by atoms with Gasteiger partial charge in [-0.2, -0.15) is 0 Å². The predicted octanol–water partition coefficient (Wildman–Crippen LogP) is 2.93. The number of hydrogen-bond acceptors (Lipinski definition) is 3. The third-order valence-electron chi connectivity index (χ3n) is 2.12. The van der Waals surface area contributed by atoms with E-state index in [1.165, 1.54) is 12.8 Å². The van der Waals surface area contributed by atoms with Crippen LogP contribution in [0, 0.1) is 0 Å². The number of unbranched alkanes of at least 4 members (excludes halogenated alkanes) is 4. The van der Waals surface area contributed by atoms with Crippen LogP contribution >= 0.6 is 0 Å². The number of rotatable bonds is 10. The van der Waals surface area contributed by atoms with Crippen molar-refractivity contribution in [2.45, 2.75) is 52.4 Å². The highest BCUT2D eigenvalue weighted by Gasteiger charge is 2.01. The van der Waals surface area contributed by atoms with Gasteiger partial charge in [-0.05, 0) is 12.8 Å². The fraction of sp³-hybridized carbons (Fsp3) is 0.917. The second kappa shape index (κ2) is 11.5. The van der Waals surface area contributed by atoms with Gasteiger partial charge >= 0.3 is 5.97 Å². The molecule has 0 heterocycles. The molecule has 0 rings (SSSR count). The molecule has 0 saturated heterocycles. The molecule has 0 unspecified atom stereocenters. The van der Waals surface area contributed by atoms with Crippen molar-refractivity contribution in [2.75, 3.05) is 19.8 Å². The molecule has 0 aromatic rings. The van der Waals surface area contributed by atoms with Gasteiger partial charge in [-0.25, -0.2) is 4.79 Å². The van der Waals surface area contributed by atoms with Gasteiger partial charge in [-0.1, -0.05) is 39.5 Å². The molecule has 3 nitrogen and oxygen atoms in total. The highest BCUT2D eigenvalue weighted by atomic mass is 16.6. The summed E-state index contributed by atoms with van der Waals surface area (Å²) in [5.41, 5.74) is 0. The summed E-state index contributed by atoms with van der Waals surface area (Å²) in [6, 6.07) is 0. The zero-order valence-electron chi connectivity index (χ0n) is 10.1. The number of ether oxygens (including phenoxy) is 2. The van der Waals surface area contributed by atoms with Crippen molar-refractivity contribution in [2.24, 2.45) is 0 Å². The zero-order chi connectivity index (χ0) is 11.4. The fourth-order valence-corrected chi connectivity index (χ4v) is 1.16. The van der Waals surface area contributed by atoms with Crippen LogP contribution in [0.15, 0.2) is 0 Å². The molecule has 0 aromatic carbocycles. The Balaban J connectivity index is 3.11. The average Bonchev–Trinajstić information content (AvgIpc) is 2.24. The maximum atomic E-state index is 11.1. The molecule has 0 fully saturated rings. The van der Waals surface area contributed by atoms with E-state index in [4.69, 9.17) is 9.47 Å². The first-order valence-electron chi connectivity index (χ1n) is 6.04. The van der Waals surface area contributed by atoms with Crippen LogP contribution in [0.2, 0.25) is 0 Å². The standard InChI is InChI=1S/C12H24O3/c1-3-5-7-8-10-15-12(13)11-14-9-6-4-2/h3-11H2,1-2H3. The Morgan fingerprint density at radius 3 is 2.33 bits per heavy atom. The Labute approximate surface area is 93.1 Å². The van der Waals surface area contributed by atoms with Gasteiger partial charge in [0.05, 0.1) is 6.61 Å². The SMILES string of the molecule is CCCCCCOC(=O)COCCCC. The minimum Gasteiger partial charge on any atom is -0.464 e. The molecule has 0 aromatic heterocycles. The lowest BCUT2D eigenvalue weighted by Crippen LogP contribution is -2.13. The van der Waals surface area contributed by atoms with E-state index in [1.807, 2.05) is 0 Å². The van der Waals surface area contributed by atoms with Crippen LogP contribution in [-0.4, -0.2) is 25.8 Å². The van der Waals surface area contributed by atoms with E-state index in [1.54, 1.807) is 0 Å². The van der Waals surface area contributed by atoms with E-state index in [9.17, 15) is 4.79 Å². The van der Waals surface area contributed by atoms with E-state index >= 15 is 0 Å². The summed E-state index contributed by atoms with van der Waals surface area (Å²) in [5.74, 6) is -0.234. The lowest BCUT2D eigenvalue weighted by Gasteiger charge is -2.05. The lowest BCUT2D eigenvalue weighted by atomic mass is 10.2. The number of carbonyl (C=O) groups excluding carboxylic acids is 1. The van der Waals surface area contributed by atoms with Crippen LogP contribution < -0.4 is 0 Å². The molecule has 90 valence electrons. The molecule has 0 aliphatic heterocycles. The molecule has 3 heteroatoms. The van der Waals surface area contributed by atoms with Crippen LogP contribution in [0.1, 0.15) is 52.4 Å².